The Morgan fingerprint density at radius 1 is 1.27 bits per heavy atom. The first-order valence-electron chi connectivity index (χ1n) is 5.96. The molecular weight excluding hydrogens is 414 g/mol. The molecule has 0 unspecified atom stereocenters. The number of benzene rings is 1. The number of carboxylic acid groups (broad SMARTS) is 1. The van der Waals surface area contributed by atoms with Crippen molar-refractivity contribution in [3.05, 3.63) is 61.1 Å². The lowest BCUT2D eigenvalue weighted by molar-refractivity contribution is -0.137. The van der Waals surface area contributed by atoms with E-state index in [1.54, 1.807) is 0 Å². The standard InChI is InChI=1S/C14H9F3INO3/c1-7-11(18)6-10(13(21)22)12(20)19(7)9-4-2-3-8(5-9)14(15,16)17/h2-6H,1H3,(H,21,22). The second kappa shape index (κ2) is 5.75. The van der Waals surface area contributed by atoms with Crippen molar-refractivity contribution < 1.29 is 23.1 Å². The third-order valence-electron chi connectivity index (χ3n) is 3.05. The van der Waals surface area contributed by atoms with Crippen LogP contribution in [0.1, 0.15) is 21.6 Å². The summed E-state index contributed by atoms with van der Waals surface area (Å²) >= 11 is 1.83. The molecule has 1 aromatic carbocycles. The maximum Gasteiger partial charge on any atom is 0.416 e. The van der Waals surface area contributed by atoms with Gasteiger partial charge in [0.25, 0.3) is 5.56 Å². The van der Waals surface area contributed by atoms with Crippen LogP contribution in [0.15, 0.2) is 35.1 Å². The highest BCUT2D eigenvalue weighted by Crippen LogP contribution is 2.30. The zero-order valence-corrected chi connectivity index (χ0v) is 13.3. The van der Waals surface area contributed by atoms with Crippen molar-refractivity contribution >= 4 is 28.6 Å². The van der Waals surface area contributed by atoms with Crippen LogP contribution < -0.4 is 5.56 Å². The fraction of sp³-hybridized carbons (Fsp3) is 0.143. The van der Waals surface area contributed by atoms with E-state index in [9.17, 15) is 22.8 Å². The van der Waals surface area contributed by atoms with Gasteiger partial charge in [0.05, 0.1) is 5.56 Å². The lowest BCUT2D eigenvalue weighted by Crippen LogP contribution is -2.28. The molecule has 1 aromatic heterocycles. The Morgan fingerprint density at radius 2 is 1.91 bits per heavy atom. The van der Waals surface area contributed by atoms with Gasteiger partial charge in [0.1, 0.15) is 5.56 Å². The first kappa shape index (κ1) is 16.5. The first-order valence-corrected chi connectivity index (χ1v) is 7.04. The molecule has 8 heteroatoms. The molecule has 0 aliphatic rings. The summed E-state index contributed by atoms with van der Waals surface area (Å²) in [6.45, 7) is 1.54. The molecule has 116 valence electrons. The van der Waals surface area contributed by atoms with Crippen LogP contribution >= 0.6 is 22.6 Å². The van der Waals surface area contributed by atoms with E-state index in [-0.39, 0.29) is 5.69 Å². The maximum absolute atomic E-state index is 12.8. The summed E-state index contributed by atoms with van der Waals surface area (Å²) in [4.78, 5) is 23.3. The average Bonchev–Trinajstić information content (AvgIpc) is 2.42. The Kier molecular flexibility index (Phi) is 4.32. The second-order valence-corrected chi connectivity index (χ2v) is 5.65. The molecule has 0 amide bonds. The molecular formula is C14H9F3INO3. The van der Waals surface area contributed by atoms with Crippen molar-refractivity contribution in [1.29, 1.82) is 0 Å². The summed E-state index contributed by atoms with van der Waals surface area (Å²) in [5.41, 5.74) is -1.93. The predicted molar refractivity (Wildman–Crippen MR) is 81.5 cm³/mol. The highest BCUT2D eigenvalue weighted by Gasteiger charge is 2.30. The van der Waals surface area contributed by atoms with Crippen LogP contribution in [0.25, 0.3) is 5.69 Å². The summed E-state index contributed by atoms with van der Waals surface area (Å²) in [5.74, 6) is -1.43. The first-order chi connectivity index (χ1) is 10.1. The van der Waals surface area contributed by atoms with Gasteiger partial charge in [-0.05, 0) is 53.8 Å². The molecule has 22 heavy (non-hydrogen) atoms. The molecule has 0 saturated carbocycles. The maximum atomic E-state index is 12.8. The number of pyridine rings is 1. The Morgan fingerprint density at radius 3 is 2.45 bits per heavy atom. The normalized spacial score (nSPS) is 11.5. The monoisotopic (exact) mass is 423 g/mol. The van der Waals surface area contributed by atoms with E-state index in [1.807, 2.05) is 22.6 Å². The molecule has 1 heterocycles. The van der Waals surface area contributed by atoms with Crippen molar-refractivity contribution in [2.45, 2.75) is 13.1 Å². The Hall–Kier alpha value is -1.84. The SMILES string of the molecule is Cc1c(I)cc(C(=O)O)c(=O)n1-c1cccc(C(F)(F)F)c1. The molecule has 0 atom stereocenters. The van der Waals surface area contributed by atoms with Gasteiger partial charge in [0, 0.05) is 15.0 Å². The second-order valence-electron chi connectivity index (χ2n) is 4.49. The van der Waals surface area contributed by atoms with Gasteiger partial charge < -0.3 is 5.11 Å². The number of aromatic carboxylic acids is 1. The van der Waals surface area contributed by atoms with Crippen molar-refractivity contribution in [3.63, 3.8) is 0 Å². The van der Waals surface area contributed by atoms with Gasteiger partial charge in [0.15, 0.2) is 0 Å². The number of rotatable bonds is 2. The minimum absolute atomic E-state index is 0.0293. The minimum Gasteiger partial charge on any atom is -0.477 e. The highest BCUT2D eigenvalue weighted by molar-refractivity contribution is 14.1. The van der Waals surface area contributed by atoms with E-state index >= 15 is 0 Å². The quantitative estimate of drug-likeness (QED) is 0.753. The fourth-order valence-electron chi connectivity index (χ4n) is 1.96. The van der Waals surface area contributed by atoms with Crippen LogP contribution in [0.3, 0.4) is 0 Å². The van der Waals surface area contributed by atoms with E-state index in [1.165, 1.54) is 25.1 Å². The summed E-state index contributed by atoms with van der Waals surface area (Å²) < 4.78 is 39.8. The van der Waals surface area contributed by atoms with Gasteiger partial charge in [-0.3, -0.25) is 9.36 Å². The zero-order chi connectivity index (χ0) is 16.7. The number of alkyl halides is 3. The number of carboxylic acids is 1. The topological polar surface area (TPSA) is 59.3 Å². The molecule has 1 N–H and O–H groups in total. The summed E-state index contributed by atoms with van der Waals surface area (Å²) in [6, 6.07) is 5.40. The van der Waals surface area contributed by atoms with Crippen LogP contribution in [0.2, 0.25) is 0 Å². The number of nitrogens with zero attached hydrogens (tertiary/aromatic N) is 1. The summed E-state index contributed by atoms with van der Waals surface area (Å²) in [5, 5.41) is 9.04. The third kappa shape index (κ3) is 3.01. The lowest BCUT2D eigenvalue weighted by atomic mass is 10.1. The zero-order valence-electron chi connectivity index (χ0n) is 11.1. The Balaban J connectivity index is 2.78. The van der Waals surface area contributed by atoms with Gasteiger partial charge in [-0.1, -0.05) is 6.07 Å². The number of hydrogen-bond donors (Lipinski definition) is 1. The third-order valence-corrected chi connectivity index (χ3v) is 4.14. The lowest BCUT2D eigenvalue weighted by Gasteiger charge is -2.14. The van der Waals surface area contributed by atoms with E-state index < -0.39 is 28.8 Å². The smallest absolute Gasteiger partial charge is 0.416 e. The number of hydrogen-bond acceptors (Lipinski definition) is 2. The van der Waals surface area contributed by atoms with Crippen molar-refractivity contribution in [2.24, 2.45) is 0 Å². The molecule has 0 aliphatic carbocycles. The largest absolute Gasteiger partial charge is 0.477 e. The Bertz CT molecular complexity index is 812. The Labute approximate surface area is 136 Å². The molecule has 0 aliphatic heterocycles. The molecule has 0 fully saturated rings. The van der Waals surface area contributed by atoms with Gasteiger partial charge in [-0.2, -0.15) is 13.2 Å². The van der Waals surface area contributed by atoms with Crippen LogP contribution in [0.4, 0.5) is 13.2 Å². The molecule has 0 radical (unpaired) electrons. The van der Waals surface area contributed by atoms with Crippen molar-refractivity contribution in [3.8, 4) is 5.69 Å². The number of carbonyl (C=O) groups is 1. The summed E-state index contributed by atoms with van der Waals surface area (Å²) in [7, 11) is 0. The molecule has 4 nitrogen and oxygen atoms in total. The van der Waals surface area contributed by atoms with E-state index in [4.69, 9.17) is 5.11 Å². The summed E-state index contributed by atoms with van der Waals surface area (Å²) in [6.07, 6.45) is -4.55. The number of halogens is 4. The van der Waals surface area contributed by atoms with Gasteiger partial charge in [0.2, 0.25) is 0 Å². The minimum atomic E-state index is -4.55. The van der Waals surface area contributed by atoms with Crippen molar-refractivity contribution in [2.75, 3.05) is 0 Å². The van der Waals surface area contributed by atoms with E-state index in [2.05, 4.69) is 0 Å². The predicted octanol–water partition coefficient (Wildman–Crippen LogP) is 3.47. The van der Waals surface area contributed by atoms with Gasteiger partial charge in [-0.15, -0.1) is 0 Å². The van der Waals surface area contributed by atoms with Gasteiger partial charge >= 0.3 is 12.1 Å². The van der Waals surface area contributed by atoms with E-state index in [0.29, 0.717) is 9.26 Å². The van der Waals surface area contributed by atoms with Crippen LogP contribution in [-0.4, -0.2) is 15.6 Å². The molecule has 2 aromatic rings. The number of aromatic nitrogens is 1. The van der Waals surface area contributed by atoms with Crippen LogP contribution in [-0.2, 0) is 6.18 Å². The average molecular weight is 423 g/mol. The molecule has 0 spiro atoms. The van der Waals surface area contributed by atoms with E-state index in [0.717, 1.165) is 16.7 Å². The molecule has 0 bridgehead atoms. The van der Waals surface area contributed by atoms with Crippen LogP contribution in [0.5, 0.6) is 0 Å². The highest BCUT2D eigenvalue weighted by atomic mass is 127. The van der Waals surface area contributed by atoms with Crippen LogP contribution in [0, 0.1) is 10.5 Å². The molecule has 0 saturated heterocycles. The molecule has 2 rings (SSSR count). The van der Waals surface area contributed by atoms with Gasteiger partial charge in [-0.25, -0.2) is 4.79 Å². The van der Waals surface area contributed by atoms with Crippen molar-refractivity contribution in [1.82, 2.24) is 4.57 Å². The fourth-order valence-corrected chi connectivity index (χ4v) is 2.51.